The Hall–Kier alpha value is -2.27. The van der Waals surface area contributed by atoms with Crippen LogP contribution in [0, 0.1) is 10.8 Å². The molecule has 0 unspecified atom stereocenters. The van der Waals surface area contributed by atoms with Gasteiger partial charge in [-0.15, -0.1) is 26.3 Å². The Morgan fingerprint density at radius 2 is 1.24 bits per heavy atom. The standard InChI is InChI=1S/C18H22O4.C17H22O3.C3H6O2.CH4.Y/c1-4-15-16(5-2)22-18(21-15)8-6-7-13-9-14(20)12(11-19)10-17(13,18)3;1-4-14-15(5-2)20-17(19-14)9-6-7-12-11-13(18)8-10-16(12,17)3;1-2-5-3-4;;/h4-5,9,11,15-16,19H,1-2,6-8,10H2,3H3;4-5,11,14-15H,1-2,6-10H2,3H3;3H,2H2,1H3;1H4;/b12-11-;;;;/t15-,16-,17+;14-,15-,16+;;;/m11.../s1. The maximum absolute atomic E-state index is 12.0. The van der Waals surface area contributed by atoms with E-state index in [1.54, 1.807) is 37.3 Å². The number of ketones is 2. The Labute approximate surface area is 317 Å². The van der Waals surface area contributed by atoms with Crippen LogP contribution in [-0.2, 0) is 70.8 Å². The van der Waals surface area contributed by atoms with Gasteiger partial charge in [-0.05, 0) is 57.6 Å². The molecule has 2 saturated carbocycles. The number of aliphatic hydroxyl groups is 1. The maximum Gasteiger partial charge on any atom is 0.293 e. The fourth-order valence-electron chi connectivity index (χ4n) is 7.90. The van der Waals surface area contributed by atoms with E-state index in [1.165, 1.54) is 5.57 Å². The molecule has 49 heavy (non-hydrogen) atoms. The number of rotatable bonds is 6. The van der Waals surface area contributed by atoms with Crippen LogP contribution in [0.5, 0.6) is 0 Å². The second kappa shape index (κ2) is 17.8. The van der Waals surface area contributed by atoms with Crippen molar-refractivity contribution in [2.45, 2.75) is 122 Å². The van der Waals surface area contributed by atoms with Crippen molar-refractivity contribution in [3.63, 3.8) is 0 Å². The van der Waals surface area contributed by atoms with Gasteiger partial charge in [-0.2, -0.15) is 0 Å². The molecule has 4 aliphatic carbocycles. The first-order chi connectivity index (χ1) is 22.5. The zero-order valence-corrected chi connectivity index (χ0v) is 31.5. The summed E-state index contributed by atoms with van der Waals surface area (Å²) in [4.78, 5) is 32.9. The van der Waals surface area contributed by atoms with E-state index in [4.69, 9.17) is 18.9 Å². The second-order valence-electron chi connectivity index (χ2n) is 13.2. The fraction of sp³-hybridized carbons (Fsp3) is 0.564. The number of ether oxygens (including phenoxy) is 5. The number of carbonyl (C=O) groups excluding carboxylic acids is 3. The summed E-state index contributed by atoms with van der Waals surface area (Å²) < 4.78 is 29.3. The minimum atomic E-state index is -0.802. The molecule has 2 heterocycles. The Kier molecular flexibility index (Phi) is 15.6. The predicted molar refractivity (Wildman–Crippen MR) is 185 cm³/mol. The number of hydrogen-bond acceptors (Lipinski definition) is 9. The zero-order chi connectivity index (χ0) is 34.5. The summed E-state index contributed by atoms with van der Waals surface area (Å²) in [6, 6.07) is 0. The molecule has 0 aromatic carbocycles. The molecule has 0 bridgehead atoms. The summed E-state index contributed by atoms with van der Waals surface area (Å²) >= 11 is 0. The molecule has 6 aliphatic rings. The van der Waals surface area contributed by atoms with Gasteiger partial charge >= 0.3 is 0 Å². The van der Waals surface area contributed by atoms with E-state index in [9.17, 15) is 19.5 Å². The van der Waals surface area contributed by atoms with Crippen LogP contribution in [0.3, 0.4) is 0 Å². The van der Waals surface area contributed by atoms with Crippen molar-refractivity contribution in [3.05, 3.63) is 85.8 Å². The molecule has 2 aliphatic heterocycles. The number of aliphatic hydroxyl groups excluding tert-OH is 1. The average Bonchev–Trinajstić information content (AvgIpc) is 3.63. The third-order valence-corrected chi connectivity index (χ3v) is 10.6. The zero-order valence-electron chi connectivity index (χ0n) is 28.6. The van der Waals surface area contributed by atoms with Crippen molar-refractivity contribution < 1.29 is 75.9 Å². The minimum Gasteiger partial charge on any atom is -0.515 e. The van der Waals surface area contributed by atoms with Gasteiger partial charge in [-0.25, -0.2) is 0 Å². The first-order valence-electron chi connectivity index (χ1n) is 16.5. The monoisotopic (exact) mass is 755 g/mol. The van der Waals surface area contributed by atoms with Gasteiger partial charge < -0.3 is 28.8 Å². The van der Waals surface area contributed by atoms with Crippen molar-refractivity contribution in [2.24, 2.45) is 10.8 Å². The smallest absolute Gasteiger partial charge is 0.293 e. The first-order valence-corrected chi connectivity index (χ1v) is 16.5. The normalized spacial score (nSPS) is 34.1. The van der Waals surface area contributed by atoms with Crippen molar-refractivity contribution in [3.8, 4) is 0 Å². The molecule has 4 fully saturated rings. The van der Waals surface area contributed by atoms with Crippen molar-refractivity contribution in [1.29, 1.82) is 0 Å². The summed E-state index contributed by atoms with van der Waals surface area (Å²) in [5.74, 6) is -1.32. The molecule has 6 atom stereocenters. The largest absolute Gasteiger partial charge is 0.515 e. The van der Waals surface area contributed by atoms with Crippen LogP contribution in [0.1, 0.15) is 86.0 Å². The third-order valence-electron chi connectivity index (χ3n) is 10.6. The number of allylic oxidation sites excluding steroid dienone is 3. The van der Waals surface area contributed by atoms with E-state index in [1.807, 2.05) is 6.08 Å². The SMILES string of the molecule is C.C=C[C@H]1OC2(CCCC3=CC(=O)/C(=C\O)C[C@@]32C)O[C@@H]1C=C.C=C[C@H]1OC2(CCCC3=CC(=O)CC[C@@]32C)O[C@@H]1C=C.CCOC=O.[Y]. The summed E-state index contributed by atoms with van der Waals surface area (Å²) in [6.45, 7) is 22.2. The summed E-state index contributed by atoms with van der Waals surface area (Å²) in [6.07, 6.45) is 17.8. The molecule has 2 saturated heterocycles. The van der Waals surface area contributed by atoms with Gasteiger partial charge in [0.15, 0.2) is 23.1 Å². The Morgan fingerprint density at radius 3 is 1.63 bits per heavy atom. The summed E-state index contributed by atoms with van der Waals surface area (Å²) in [7, 11) is 0. The number of carbonyl (C=O) groups is 3. The van der Waals surface area contributed by atoms with E-state index in [2.05, 4.69) is 44.9 Å². The topological polar surface area (TPSA) is 118 Å². The van der Waals surface area contributed by atoms with E-state index >= 15 is 0 Å². The Balaban J connectivity index is 0.000000290. The quantitative estimate of drug-likeness (QED) is 0.127. The van der Waals surface area contributed by atoms with Crippen LogP contribution in [0.2, 0.25) is 0 Å². The van der Waals surface area contributed by atoms with E-state index in [0.29, 0.717) is 31.5 Å². The molecule has 0 amide bonds. The molecular weight excluding hydrogens is 701 g/mol. The maximum atomic E-state index is 12.0. The van der Waals surface area contributed by atoms with Gasteiger partial charge in [0.1, 0.15) is 24.4 Å². The minimum absolute atomic E-state index is 0. The first kappa shape index (κ1) is 42.9. The van der Waals surface area contributed by atoms with Crippen LogP contribution in [0.25, 0.3) is 0 Å². The molecule has 1 radical (unpaired) electrons. The molecule has 2 spiro atoms. The van der Waals surface area contributed by atoms with Gasteiger partial charge in [0.2, 0.25) is 0 Å². The number of hydrogen-bond donors (Lipinski definition) is 1. The molecule has 267 valence electrons. The number of fused-ring (bicyclic) bond motifs is 4. The van der Waals surface area contributed by atoms with Gasteiger partial charge in [-0.1, -0.05) is 56.7 Å². The molecule has 10 heteroatoms. The fourth-order valence-corrected chi connectivity index (χ4v) is 7.90. The van der Waals surface area contributed by atoms with Gasteiger partial charge in [0, 0.05) is 68.4 Å². The predicted octanol–water partition coefficient (Wildman–Crippen LogP) is 7.50. The van der Waals surface area contributed by atoms with E-state index in [-0.39, 0.29) is 81.5 Å². The van der Waals surface area contributed by atoms with Crippen LogP contribution in [0.4, 0.5) is 0 Å². The molecule has 0 aromatic heterocycles. The second-order valence-corrected chi connectivity index (χ2v) is 13.2. The summed E-state index contributed by atoms with van der Waals surface area (Å²) in [5, 5.41) is 9.37. The molecule has 9 nitrogen and oxygen atoms in total. The summed E-state index contributed by atoms with van der Waals surface area (Å²) in [5.41, 5.74) is 1.96. The molecule has 6 rings (SSSR count). The van der Waals surface area contributed by atoms with Crippen LogP contribution in [0.15, 0.2) is 85.8 Å². The van der Waals surface area contributed by atoms with E-state index < -0.39 is 17.0 Å². The van der Waals surface area contributed by atoms with E-state index in [0.717, 1.165) is 56.8 Å². The van der Waals surface area contributed by atoms with Gasteiger partial charge in [0.05, 0.1) is 12.9 Å². The van der Waals surface area contributed by atoms with Crippen LogP contribution < -0.4 is 0 Å². The molecule has 1 N–H and O–H groups in total. The third kappa shape index (κ3) is 7.97. The molecule has 0 aromatic rings. The Bertz CT molecular complexity index is 1330. The molecular formula is C39H54O9Y. The van der Waals surface area contributed by atoms with Gasteiger partial charge in [0.25, 0.3) is 6.47 Å². The van der Waals surface area contributed by atoms with Gasteiger partial charge in [-0.3, -0.25) is 14.4 Å². The average molecular weight is 756 g/mol. The van der Waals surface area contributed by atoms with Crippen molar-refractivity contribution in [1.82, 2.24) is 0 Å². The van der Waals surface area contributed by atoms with Crippen LogP contribution >= 0.6 is 0 Å². The van der Waals surface area contributed by atoms with Crippen LogP contribution in [-0.4, -0.2) is 65.7 Å². The van der Waals surface area contributed by atoms with Crippen molar-refractivity contribution in [2.75, 3.05) is 6.61 Å². The Morgan fingerprint density at radius 1 is 0.796 bits per heavy atom. The van der Waals surface area contributed by atoms with Crippen molar-refractivity contribution >= 4 is 18.0 Å².